The van der Waals surface area contributed by atoms with Gasteiger partial charge in [0.1, 0.15) is 13.2 Å². The molecule has 0 unspecified atom stereocenters. The van der Waals surface area contributed by atoms with Gasteiger partial charge in [-0.15, -0.1) is 0 Å². The lowest BCUT2D eigenvalue weighted by Gasteiger charge is -2.34. The molecule has 0 saturated carbocycles. The fourth-order valence-corrected chi connectivity index (χ4v) is 2.37. The van der Waals surface area contributed by atoms with Crippen LogP contribution in [0.4, 0.5) is 11.4 Å². The highest BCUT2D eigenvalue weighted by Gasteiger charge is 2.20. The molecule has 0 amide bonds. The lowest BCUT2D eigenvalue weighted by Crippen LogP contribution is -2.44. The van der Waals surface area contributed by atoms with E-state index < -0.39 is 10.9 Å². The zero-order chi connectivity index (χ0) is 16.8. The van der Waals surface area contributed by atoms with Gasteiger partial charge in [0, 0.05) is 44.9 Å². The molecule has 0 spiro atoms. The second kappa shape index (κ2) is 7.77. The summed E-state index contributed by atoms with van der Waals surface area (Å²) in [6, 6.07) is 4.95. The van der Waals surface area contributed by atoms with Crippen LogP contribution >= 0.6 is 0 Å². The molecule has 0 atom stereocenters. The van der Waals surface area contributed by atoms with E-state index in [4.69, 9.17) is 9.47 Å². The summed E-state index contributed by atoms with van der Waals surface area (Å²) in [6.45, 7) is 4.96. The second-order valence-corrected chi connectivity index (χ2v) is 5.39. The molecule has 1 heterocycles. The van der Waals surface area contributed by atoms with Crippen molar-refractivity contribution in [3.63, 3.8) is 0 Å². The minimum atomic E-state index is -0.458. The van der Waals surface area contributed by atoms with Crippen molar-refractivity contribution < 1.29 is 19.2 Å². The first-order valence-electron chi connectivity index (χ1n) is 7.45. The number of hydrogen-bond donors (Lipinski definition) is 0. The number of benzene rings is 1. The predicted molar refractivity (Wildman–Crippen MR) is 84.9 cm³/mol. The Morgan fingerprint density at radius 1 is 1.26 bits per heavy atom. The molecule has 0 bridgehead atoms. The van der Waals surface area contributed by atoms with Gasteiger partial charge in [0.25, 0.3) is 0 Å². The monoisotopic (exact) mass is 323 g/mol. The molecular weight excluding hydrogens is 302 g/mol. The number of carbonyl (C=O) groups is 1. The number of likely N-dealkylation sites (N-methyl/N-ethyl adjacent to an activating group) is 1. The van der Waals surface area contributed by atoms with Crippen LogP contribution < -0.4 is 9.64 Å². The first kappa shape index (κ1) is 17.0. The van der Waals surface area contributed by atoms with Crippen molar-refractivity contribution in [3.05, 3.63) is 28.3 Å². The molecule has 2 rings (SSSR count). The Morgan fingerprint density at radius 3 is 2.57 bits per heavy atom. The third kappa shape index (κ3) is 4.82. The van der Waals surface area contributed by atoms with E-state index >= 15 is 0 Å². The highest BCUT2D eigenvalue weighted by atomic mass is 16.6. The number of hydrogen-bond acceptors (Lipinski definition) is 7. The van der Waals surface area contributed by atoms with Crippen molar-refractivity contribution in [2.45, 2.75) is 6.92 Å². The lowest BCUT2D eigenvalue weighted by molar-refractivity contribution is -0.385. The Kier molecular flexibility index (Phi) is 5.75. The van der Waals surface area contributed by atoms with Gasteiger partial charge in [0.05, 0.1) is 4.92 Å². The molecule has 1 saturated heterocycles. The van der Waals surface area contributed by atoms with Crippen LogP contribution in [-0.4, -0.2) is 62.2 Å². The number of nitro benzene ring substituents is 1. The van der Waals surface area contributed by atoms with Crippen LogP contribution in [0, 0.1) is 10.1 Å². The molecule has 8 heteroatoms. The number of esters is 1. The van der Waals surface area contributed by atoms with Crippen molar-refractivity contribution in [2.75, 3.05) is 51.3 Å². The van der Waals surface area contributed by atoms with E-state index in [1.165, 1.54) is 13.0 Å². The van der Waals surface area contributed by atoms with Gasteiger partial charge in [-0.25, -0.2) is 0 Å². The van der Waals surface area contributed by atoms with Crippen molar-refractivity contribution in [3.8, 4) is 5.75 Å². The maximum atomic E-state index is 11.3. The molecule has 0 N–H and O–H groups in total. The Hall–Kier alpha value is -2.35. The minimum absolute atomic E-state index is 0.0622. The lowest BCUT2D eigenvalue weighted by atomic mass is 10.2. The summed E-state index contributed by atoms with van der Waals surface area (Å²) in [5.41, 5.74) is 0.737. The van der Waals surface area contributed by atoms with E-state index in [-0.39, 0.29) is 24.7 Å². The predicted octanol–water partition coefficient (Wildman–Crippen LogP) is 1.29. The number of nitro groups is 1. The molecule has 0 aromatic heterocycles. The molecular formula is C15H21N3O5. The Labute approximate surface area is 134 Å². The van der Waals surface area contributed by atoms with E-state index in [1.54, 1.807) is 6.07 Å². The van der Waals surface area contributed by atoms with E-state index in [0.717, 1.165) is 31.9 Å². The normalized spacial score (nSPS) is 15.3. The summed E-state index contributed by atoms with van der Waals surface area (Å²) in [6.07, 6.45) is 0. The summed E-state index contributed by atoms with van der Waals surface area (Å²) in [4.78, 5) is 25.8. The molecule has 1 aromatic rings. The van der Waals surface area contributed by atoms with Gasteiger partial charge >= 0.3 is 11.7 Å². The van der Waals surface area contributed by atoms with Crippen LogP contribution in [0.3, 0.4) is 0 Å². The molecule has 23 heavy (non-hydrogen) atoms. The Morgan fingerprint density at radius 2 is 1.96 bits per heavy atom. The number of carbonyl (C=O) groups excluding carboxylic acids is 1. The summed E-state index contributed by atoms with van der Waals surface area (Å²) in [5.74, 6) is -0.228. The average molecular weight is 323 g/mol. The van der Waals surface area contributed by atoms with E-state index in [0.29, 0.717) is 0 Å². The van der Waals surface area contributed by atoms with Gasteiger partial charge in [-0.3, -0.25) is 14.9 Å². The van der Waals surface area contributed by atoms with Crippen molar-refractivity contribution in [2.24, 2.45) is 0 Å². The summed E-state index contributed by atoms with van der Waals surface area (Å²) < 4.78 is 10.1. The number of rotatable bonds is 6. The summed E-state index contributed by atoms with van der Waals surface area (Å²) >= 11 is 0. The Bertz CT molecular complexity index is 570. The van der Waals surface area contributed by atoms with Crippen molar-refractivity contribution in [1.82, 2.24) is 4.90 Å². The van der Waals surface area contributed by atoms with Crippen LogP contribution in [0.15, 0.2) is 18.2 Å². The van der Waals surface area contributed by atoms with Gasteiger partial charge in [-0.1, -0.05) is 0 Å². The summed E-state index contributed by atoms with van der Waals surface area (Å²) in [5, 5.41) is 11.3. The maximum Gasteiger partial charge on any atom is 0.312 e. The standard InChI is InChI=1S/C15H21N3O5/c1-12(19)22-9-10-23-15-4-3-13(11-14(15)18(20)21)17-7-5-16(2)6-8-17/h3-4,11H,5-10H2,1-2H3. The molecule has 1 aliphatic heterocycles. The van der Waals surface area contributed by atoms with Gasteiger partial charge in [-0.05, 0) is 19.2 Å². The van der Waals surface area contributed by atoms with Crippen LogP contribution in [0.2, 0.25) is 0 Å². The molecule has 8 nitrogen and oxygen atoms in total. The number of piperazine rings is 1. The highest BCUT2D eigenvalue weighted by molar-refractivity contribution is 5.65. The van der Waals surface area contributed by atoms with Gasteiger partial charge in [0.15, 0.2) is 5.75 Å². The first-order chi connectivity index (χ1) is 11.0. The topological polar surface area (TPSA) is 85.2 Å². The summed E-state index contributed by atoms with van der Waals surface area (Å²) in [7, 11) is 2.06. The number of anilines is 1. The maximum absolute atomic E-state index is 11.3. The fraction of sp³-hybridized carbons (Fsp3) is 0.533. The average Bonchev–Trinajstić information content (AvgIpc) is 2.52. The van der Waals surface area contributed by atoms with Gasteiger partial charge < -0.3 is 19.3 Å². The molecule has 1 fully saturated rings. The third-order valence-corrected chi connectivity index (χ3v) is 3.65. The largest absolute Gasteiger partial charge is 0.483 e. The fourth-order valence-electron chi connectivity index (χ4n) is 2.37. The van der Waals surface area contributed by atoms with Crippen LogP contribution in [0.5, 0.6) is 5.75 Å². The SMILES string of the molecule is CC(=O)OCCOc1ccc(N2CCN(C)CC2)cc1[N+](=O)[O-]. The van der Waals surface area contributed by atoms with Gasteiger partial charge in [-0.2, -0.15) is 0 Å². The van der Waals surface area contributed by atoms with Crippen LogP contribution in [-0.2, 0) is 9.53 Å². The zero-order valence-corrected chi connectivity index (χ0v) is 13.4. The van der Waals surface area contributed by atoms with E-state index in [2.05, 4.69) is 16.8 Å². The molecule has 126 valence electrons. The zero-order valence-electron chi connectivity index (χ0n) is 13.4. The van der Waals surface area contributed by atoms with E-state index in [9.17, 15) is 14.9 Å². The van der Waals surface area contributed by atoms with Gasteiger partial charge in [0.2, 0.25) is 0 Å². The second-order valence-electron chi connectivity index (χ2n) is 5.39. The smallest absolute Gasteiger partial charge is 0.312 e. The molecule has 0 radical (unpaired) electrons. The Balaban J connectivity index is 2.05. The van der Waals surface area contributed by atoms with Crippen molar-refractivity contribution in [1.29, 1.82) is 0 Å². The third-order valence-electron chi connectivity index (χ3n) is 3.65. The van der Waals surface area contributed by atoms with E-state index in [1.807, 2.05) is 6.07 Å². The first-order valence-corrected chi connectivity index (χ1v) is 7.45. The number of nitrogens with zero attached hydrogens (tertiary/aromatic N) is 3. The van der Waals surface area contributed by atoms with Crippen LogP contribution in [0.1, 0.15) is 6.92 Å². The molecule has 1 aromatic carbocycles. The minimum Gasteiger partial charge on any atom is -0.483 e. The molecule has 0 aliphatic carbocycles. The highest BCUT2D eigenvalue weighted by Crippen LogP contribution is 2.32. The molecule has 1 aliphatic rings. The number of ether oxygens (including phenoxy) is 2. The quantitative estimate of drug-likeness (QED) is 0.337. The van der Waals surface area contributed by atoms with Crippen LogP contribution in [0.25, 0.3) is 0 Å². The van der Waals surface area contributed by atoms with Crippen molar-refractivity contribution >= 4 is 17.3 Å².